The monoisotopic (exact) mass is 382 g/mol. The lowest BCUT2D eigenvalue weighted by Crippen LogP contribution is -2.36. The van der Waals surface area contributed by atoms with Gasteiger partial charge in [-0.25, -0.2) is 22.0 Å². The van der Waals surface area contributed by atoms with Crippen LogP contribution in [0.5, 0.6) is 0 Å². The van der Waals surface area contributed by atoms with Gasteiger partial charge in [0, 0.05) is 6.07 Å². The van der Waals surface area contributed by atoms with Crippen molar-refractivity contribution in [1.82, 2.24) is 5.16 Å². The Morgan fingerprint density at radius 3 is 2.52 bits per heavy atom. The van der Waals surface area contributed by atoms with Crippen LogP contribution in [0.25, 0.3) is 0 Å². The van der Waals surface area contributed by atoms with Crippen molar-refractivity contribution in [3.8, 4) is 0 Å². The van der Waals surface area contributed by atoms with Crippen molar-refractivity contribution >= 4 is 37.9 Å². The van der Waals surface area contributed by atoms with Crippen molar-refractivity contribution in [2.45, 2.75) is 4.90 Å². The Labute approximate surface area is 124 Å². The molecule has 1 aromatic heterocycles. The standard InChI is InChI=1S/C10H5BrF2N2O5S/c11-8-5(12)1-2-6(9(8)13)21(18,19)15(10(16)17)7-3-4-20-14-7/h1-4H,(H,16,17). The van der Waals surface area contributed by atoms with Crippen molar-refractivity contribution in [3.05, 3.63) is 40.6 Å². The molecule has 0 spiro atoms. The van der Waals surface area contributed by atoms with Crippen LogP contribution in [-0.4, -0.2) is 24.8 Å². The van der Waals surface area contributed by atoms with E-state index in [4.69, 9.17) is 5.11 Å². The van der Waals surface area contributed by atoms with Gasteiger partial charge in [-0.1, -0.05) is 5.16 Å². The summed E-state index contributed by atoms with van der Waals surface area (Å²) in [6, 6.07) is 2.26. The first kappa shape index (κ1) is 15.4. The molecule has 0 fully saturated rings. The lowest BCUT2D eigenvalue weighted by Gasteiger charge is -2.16. The minimum absolute atomic E-state index is 0.181. The van der Waals surface area contributed by atoms with Crippen LogP contribution in [0.1, 0.15) is 0 Å². The Morgan fingerprint density at radius 2 is 2.00 bits per heavy atom. The fourth-order valence-electron chi connectivity index (χ4n) is 1.44. The van der Waals surface area contributed by atoms with E-state index in [9.17, 15) is 22.0 Å². The van der Waals surface area contributed by atoms with Gasteiger partial charge in [-0.05, 0) is 28.1 Å². The smallest absolute Gasteiger partial charge is 0.427 e. The van der Waals surface area contributed by atoms with Gasteiger partial charge < -0.3 is 9.63 Å². The quantitative estimate of drug-likeness (QED) is 0.818. The Bertz CT molecular complexity index is 794. The van der Waals surface area contributed by atoms with Crippen LogP contribution in [0.3, 0.4) is 0 Å². The van der Waals surface area contributed by atoms with Gasteiger partial charge >= 0.3 is 6.09 Å². The molecule has 0 atom stereocenters. The molecule has 1 heterocycles. The van der Waals surface area contributed by atoms with Crippen LogP contribution in [0.15, 0.2) is 38.4 Å². The third kappa shape index (κ3) is 2.61. The second-order valence-electron chi connectivity index (χ2n) is 3.58. The summed E-state index contributed by atoms with van der Waals surface area (Å²) in [7, 11) is -4.85. The number of nitrogens with zero attached hydrogens (tertiary/aromatic N) is 2. The van der Waals surface area contributed by atoms with Crippen LogP contribution >= 0.6 is 15.9 Å². The molecule has 21 heavy (non-hydrogen) atoms. The van der Waals surface area contributed by atoms with E-state index in [1.807, 2.05) is 0 Å². The van der Waals surface area contributed by atoms with Gasteiger partial charge in [0.2, 0.25) is 0 Å². The fraction of sp³-hybridized carbons (Fsp3) is 0. The molecule has 112 valence electrons. The van der Waals surface area contributed by atoms with E-state index in [1.165, 1.54) is 0 Å². The third-order valence-corrected chi connectivity index (χ3v) is 4.75. The maximum atomic E-state index is 13.9. The Hall–Kier alpha value is -2.01. The summed E-state index contributed by atoms with van der Waals surface area (Å²) >= 11 is 2.54. The van der Waals surface area contributed by atoms with Crippen molar-refractivity contribution in [2.24, 2.45) is 0 Å². The third-order valence-electron chi connectivity index (χ3n) is 2.32. The van der Waals surface area contributed by atoms with E-state index in [1.54, 1.807) is 0 Å². The number of amides is 1. The Kier molecular flexibility index (Phi) is 3.96. The van der Waals surface area contributed by atoms with Gasteiger partial charge in [0.15, 0.2) is 11.6 Å². The van der Waals surface area contributed by atoms with Gasteiger partial charge in [0.05, 0.1) is 4.47 Å². The Balaban J connectivity index is 2.66. The fourth-order valence-corrected chi connectivity index (χ4v) is 3.23. The van der Waals surface area contributed by atoms with E-state index in [0.29, 0.717) is 12.1 Å². The van der Waals surface area contributed by atoms with Gasteiger partial charge in [-0.2, -0.15) is 0 Å². The zero-order valence-corrected chi connectivity index (χ0v) is 12.2. The molecule has 1 N–H and O–H groups in total. The van der Waals surface area contributed by atoms with E-state index < -0.39 is 42.9 Å². The first-order valence-electron chi connectivity index (χ1n) is 5.09. The van der Waals surface area contributed by atoms with E-state index in [-0.39, 0.29) is 4.31 Å². The number of carbonyl (C=O) groups is 1. The van der Waals surface area contributed by atoms with Gasteiger partial charge in [0.1, 0.15) is 17.0 Å². The number of aromatic nitrogens is 1. The molecule has 0 radical (unpaired) electrons. The zero-order valence-electron chi connectivity index (χ0n) is 9.83. The lowest BCUT2D eigenvalue weighted by molar-refractivity contribution is 0.205. The number of hydrogen-bond acceptors (Lipinski definition) is 5. The highest BCUT2D eigenvalue weighted by atomic mass is 79.9. The summed E-state index contributed by atoms with van der Waals surface area (Å²) in [5.74, 6) is -3.07. The number of hydrogen-bond donors (Lipinski definition) is 1. The lowest BCUT2D eigenvalue weighted by atomic mass is 10.3. The highest BCUT2D eigenvalue weighted by molar-refractivity contribution is 9.10. The molecule has 1 amide bonds. The molecule has 0 aliphatic carbocycles. The molecule has 0 aliphatic heterocycles. The van der Waals surface area contributed by atoms with Crippen LogP contribution in [0, 0.1) is 11.6 Å². The average Bonchev–Trinajstić information content (AvgIpc) is 2.88. The van der Waals surface area contributed by atoms with E-state index >= 15 is 0 Å². The van der Waals surface area contributed by atoms with Crippen molar-refractivity contribution in [3.63, 3.8) is 0 Å². The van der Waals surface area contributed by atoms with E-state index in [0.717, 1.165) is 12.3 Å². The van der Waals surface area contributed by atoms with Crippen molar-refractivity contribution in [1.29, 1.82) is 0 Å². The van der Waals surface area contributed by atoms with Crippen LogP contribution in [0.2, 0.25) is 0 Å². The molecule has 11 heteroatoms. The van der Waals surface area contributed by atoms with Crippen LogP contribution in [0.4, 0.5) is 19.4 Å². The first-order chi connectivity index (χ1) is 9.76. The summed E-state index contributed by atoms with van der Waals surface area (Å²) in [6.07, 6.45) is -0.985. The second-order valence-corrected chi connectivity index (χ2v) is 6.13. The average molecular weight is 383 g/mol. The predicted molar refractivity (Wildman–Crippen MR) is 68.3 cm³/mol. The summed E-state index contributed by atoms with van der Waals surface area (Å²) in [4.78, 5) is 10.1. The zero-order chi connectivity index (χ0) is 15.8. The first-order valence-corrected chi connectivity index (χ1v) is 7.32. The van der Waals surface area contributed by atoms with Crippen molar-refractivity contribution < 1.29 is 31.6 Å². The van der Waals surface area contributed by atoms with Crippen molar-refractivity contribution in [2.75, 3.05) is 4.31 Å². The molecule has 0 saturated carbocycles. The number of carboxylic acid groups (broad SMARTS) is 1. The summed E-state index contributed by atoms with van der Waals surface area (Å²) in [5, 5.41) is 12.2. The molecule has 1 aromatic carbocycles. The SMILES string of the molecule is O=C(O)N(c1ccon1)S(=O)(=O)c1ccc(F)c(Br)c1F. The molecule has 2 rings (SSSR count). The topological polar surface area (TPSA) is 101 Å². The molecule has 2 aromatic rings. The number of rotatable bonds is 3. The second kappa shape index (κ2) is 5.41. The largest absolute Gasteiger partial charge is 0.464 e. The maximum absolute atomic E-state index is 13.9. The minimum Gasteiger partial charge on any atom is -0.464 e. The number of halogens is 3. The van der Waals surface area contributed by atoms with Gasteiger partial charge in [-0.3, -0.25) is 0 Å². The molecule has 0 saturated heterocycles. The molecule has 7 nitrogen and oxygen atoms in total. The number of anilines is 1. The highest BCUT2D eigenvalue weighted by Crippen LogP contribution is 2.29. The maximum Gasteiger partial charge on any atom is 0.427 e. The van der Waals surface area contributed by atoms with Crippen LogP contribution in [-0.2, 0) is 10.0 Å². The highest BCUT2D eigenvalue weighted by Gasteiger charge is 2.36. The molecule has 0 unspecified atom stereocenters. The number of benzene rings is 1. The summed E-state index contributed by atoms with van der Waals surface area (Å²) < 4.78 is 55.0. The summed E-state index contributed by atoms with van der Waals surface area (Å²) in [5.41, 5.74) is 0. The number of sulfonamides is 1. The predicted octanol–water partition coefficient (Wildman–Crippen LogP) is 2.59. The molecular formula is C10H5BrF2N2O5S. The Morgan fingerprint density at radius 1 is 1.33 bits per heavy atom. The van der Waals surface area contributed by atoms with E-state index in [2.05, 4.69) is 25.6 Å². The molecule has 0 aliphatic rings. The van der Waals surface area contributed by atoms with Crippen LogP contribution < -0.4 is 4.31 Å². The molecule has 0 bridgehead atoms. The van der Waals surface area contributed by atoms with Gasteiger partial charge in [0.25, 0.3) is 10.0 Å². The normalized spacial score (nSPS) is 11.4. The molecular weight excluding hydrogens is 378 g/mol. The summed E-state index contributed by atoms with van der Waals surface area (Å²) in [6.45, 7) is 0. The van der Waals surface area contributed by atoms with Gasteiger partial charge in [-0.15, -0.1) is 4.31 Å². The minimum atomic E-state index is -4.85.